The van der Waals surface area contributed by atoms with E-state index in [1.807, 2.05) is 18.7 Å². The molecule has 0 aliphatic carbocycles. The van der Waals surface area contributed by atoms with Crippen molar-refractivity contribution in [2.24, 2.45) is 17.6 Å². The second-order valence-electron chi connectivity index (χ2n) is 4.76. The van der Waals surface area contributed by atoms with Crippen LogP contribution in [0.15, 0.2) is 0 Å². The Kier molecular flexibility index (Phi) is 9.09. The Labute approximate surface area is 106 Å². The summed E-state index contributed by atoms with van der Waals surface area (Å²) >= 11 is 0. The molecule has 0 saturated heterocycles. The third-order valence-electron chi connectivity index (χ3n) is 3.28. The molecular formula is C13H29N3O. The van der Waals surface area contributed by atoms with E-state index in [2.05, 4.69) is 19.2 Å². The lowest BCUT2D eigenvalue weighted by Crippen LogP contribution is -2.36. The Morgan fingerprint density at radius 1 is 1.29 bits per heavy atom. The first-order chi connectivity index (χ1) is 8.06. The van der Waals surface area contributed by atoms with Gasteiger partial charge >= 0.3 is 0 Å². The summed E-state index contributed by atoms with van der Waals surface area (Å²) in [5.41, 5.74) is 5.69. The summed E-state index contributed by atoms with van der Waals surface area (Å²) in [7, 11) is 0. The van der Waals surface area contributed by atoms with Crippen molar-refractivity contribution in [1.82, 2.24) is 10.2 Å². The Morgan fingerprint density at radius 2 is 1.88 bits per heavy atom. The number of carbonyl (C=O) groups is 1. The Balaban J connectivity index is 3.73. The molecule has 17 heavy (non-hydrogen) atoms. The number of nitrogens with zero attached hydrogens (tertiary/aromatic N) is 1. The van der Waals surface area contributed by atoms with Gasteiger partial charge in [0.15, 0.2) is 0 Å². The van der Waals surface area contributed by atoms with Crippen molar-refractivity contribution in [3.05, 3.63) is 0 Å². The summed E-state index contributed by atoms with van der Waals surface area (Å²) in [6, 6.07) is 0. The van der Waals surface area contributed by atoms with Crippen LogP contribution < -0.4 is 11.1 Å². The van der Waals surface area contributed by atoms with E-state index < -0.39 is 0 Å². The van der Waals surface area contributed by atoms with Gasteiger partial charge in [0.25, 0.3) is 0 Å². The van der Waals surface area contributed by atoms with Crippen molar-refractivity contribution in [1.29, 1.82) is 0 Å². The molecule has 0 aromatic carbocycles. The maximum absolute atomic E-state index is 11.7. The molecule has 0 spiro atoms. The molecule has 102 valence electrons. The topological polar surface area (TPSA) is 58.4 Å². The Hall–Kier alpha value is -0.610. The third-order valence-corrected chi connectivity index (χ3v) is 3.28. The predicted octanol–water partition coefficient (Wildman–Crippen LogP) is 1.07. The minimum absolute atomic E-state index is 0.233. The molecule has 0 saturated carbocycles. The normalized spacial score (nSPS) is 12.8. The van der Waals surface area contributed by atoms with Crippen molar-refractivity contribution < 1.29 is 4.79 Å². The standard InChI is InChI=1S/C13H29N3O/c1-5-16(6-2)13(17)7-8-15-10-12(9-14)11(3)4/h11-12,15H,5-10,14H2,1-4H3. The average molecular weight is 243 g/mol. The van der Waals surface area contributed by atoms with Gasteiger partial charge in [-0.25, -0.2) is 0 Å². The van der Waals surface area contributed by atoms with Crippen LogP contribution >= 0.6 is 0 Å². The molecular weight excluding hydrogens is 214 g/mol. The van der Waals surface area contributed by atoms with Crippen molar-refractivity contribution in [3.63, 3.8) is 0 Å². The number of amides is 1. The van der Waals surface area contributed by atoms with Crippen LogP contribution in [0.25, 0.3) is 0 Å². The second kappa shape index (κ2) is 9.42. The second-order valence-corrected chi connectivity index (χ2v) is 4.76. The molecule has 4 heteroatoms. The zero-order valence-electron chi connectivity index (χ0n) is 11.8. The third kappa shape index (κ3) is 6.64. The number of nitrogens with two attached hydrogens (primary N) is 1. The molecule has 0 radical (unpaired) electrons. The van der Waals surface area contributed by atoms with Crippen LogP contribution in [0.1, 0.15) is 34.1 Å². The Bertz CT molecular complexity index is 203. The summed E-state index contributed by atoms with van der Waals surface area (Å²) in [4.78, 5) is 13.6. The Morgan fingerprint density at radius 3 is 2.29 bits per heavy atom. The first-order valence-electron chi connectivity index (χ1n) is 6.75. The quantitative estimate of drug-likeness (QED) is 0.596. The number of nitrogens with one attached hydrogen (secondary N) is 1. The van der Waals surface area contributed by atoms with Gasteiger partial charge in [0, 0.05) is 26.1 Å². The monoisotopic (exact) mass is 243 g/mol. The van der Waals surface area contributed by atoms with Crippen LogP contribution in [0.5, 0.6) is 0 Å². The van der Waals surface area contributed by atoms with E-state index in [-0.39, 0.29) is 5.91 Å². The van der Waals surface area contributed by atoms with Crippen LogP contribution in [0.2, 0.25) is 0 Å². The zero-order valence-corrected chi connectivity index (χ0v) is 11.8. The van der Waals surface area contributed by atoms with Crippen LogP contribution in [-0.4, -0.2) is 43.5 Å². The first-order valence-corrected chi connectivity index (χ1v) is 6.75. The smallest absolute Gasteiger partial charge is 0.223 e. The van der Waals surface area contributed by atoms with Crippen LogP contribution in [0.4, 0.5) is 0 Å². The molecule has 0 aliphatic rings. The molecule has 0 fully saturated rings. The molecule has 4 nitrogen and oxygen atoms in total. The highest BCUT2D eigenvalue weighted by Gasteiger charge is 2.12. The maximum atomic E-state index is 11.7. The lowest BCUT2D eigenvalue weighted by Gasteiger charge is -2.21. The molecule has 3 N–H and O–H groups in total. The van der Waals surface area contributed by atoms with Gasteiger partial charge in [-0.05, 0) is 38.8 Å². The van der Waals surface area contributed by atoms with Crippen molar-refractivity contribution in [2.75, 3.05) is 32.7 Å². The zero-order chi connectivity index (χ0) is 13.3. The first kappa shape index (κ1) is 16.4. The van der Waals surface area contributed by atoms with E-state index in [9.17, 15) is 4.79 Å². The van der Waals surface area contributed by atoms with Gasteiger partial charge in [-0.1, -0.05) is 13.8 Å². The fraction of sp³-hybridized carbons (Fsp3) is 0.923. The minimum atomic E-state index is 0.233. The van der Waals surface area contributed by atoms with E-state index in [1.165, 1.54) is 0 Å². The molecule has 0 aliphatic heterocycles. The van der Waals surface area contributed by atoms with Gasteiger partial charge in [0.2, 0.25) is 5.91 Å². The summed E-state index contributed by atoms with van der Waals surface area (Å²) in [6.07, 6.45) is 0.580. The van der Waals surface area contributed by atoms with Gasteiger partial charge in [-0.15, -0.1) is 0 Å². The van der Waals surface area contributed by atoms with Crippen molar-refractivity contribution >= 4 is 5.91 Å². The largest absolute Gasteiger partial charge is 0.343 e. The van der Waals surface area contributed by atoms with Gasteiger partial charge in [-0.2, -0.15) is 0 Å². The van der Waals surface area contributed by atoms with E-state index in [0.29, 0.717) is 24.8 Å². The van der Waals surface area contributed by atoms with E-state index in [1.54, 1.807) is 0 Å². The van der Waals surface area contributed by atoms with Crippen molar-refractivity contribution in [2.45, 2.75) is 34.1 Å². The molecule has 0 heterocycles. The van der Waals surface area contributed by atoms with E-state index in [0.717, 1.165) is 26.2 Å². The summed E-state index contributed by atoms with van der Waals surface area (Å²) in [5.74, 6) is 1.32. The van der Waals surface area contributed by atoms with Crippen LogP contribution in [-0.2, 0) is 4.79 Å². The highest BCUT2D eigenvalue weighted by atomic mass is 16.2. The number of hydrogen-bond acceptors (Lipinski definition) is 3. The van der Waals surface area contributed by atoms with Gasteiger partial charge in [0.05, 0.1) is 0 Å². The number of hydrogen-bond donors (Lipinski definition) is 2. The summed E-state index contributed by atoms with van der Waals surface area (Å²) in [6.45, 7) is 12.3. The lowest BCUT2D eigenvalue weighted by atomic mass is 9.96. The highest BCUT2D eigenvalue weighted by Crippen LogP contribution is 2.07. The molecule has 1 unspecified atom stereocenters. The highest BCUT2D eigenvalue weighted by molar-refractivity contribution is 5.76. The van der Waals surface area contributed by atoms with Gasteiger partial charge < -0.3 is 16.0 Å². The molecule has 0 aromatic heterocycles. The lowest BCUT2D eigenvalue weighted by molar-refractivity contribution is -0.130. The van der Waals surface area contributed by atoms with E-state index >= 15 is 0 Å². The maximum Gasteiger partial charge on any atom is 0.223 e. The fourth-order valence-electron chi connectivity index (χ4n) is 1.81. The molecule has 0 rings (SSSR count). The van der Waals surface area contributed by atoms with Crippen LogP contribution in [0, 0.1) is 11.8 Å². The molecule has 0 bridgehead atoms. The van der Waals surface area contributed by atoms with Crippen molar-refractivity contribution in [3.8, 4) is 0 Å². The SMILES string of the molecule is CCN(CC)C(=O)CCNCC(CN)C(C)C. The fourth-order valence-corrected chi connectivity index (χ4v) is 1.81. The molecule has 1 amide bonds. The average Bonchev–Trinajstić information content (AvgIpc) is 2.30. The minimum Gasteiger partial charge on any atom is -0.343 e. The predicted molar refractivity (Wildman–Crippen MR) is 72.8 cm³/mol. The summed E-state index contributed by atoms with van der Waals surface area (Å²) < 4.78 is 0. The molecule has 0 aromatic rings. The van der Waals surface area contributed by atoms with E-state index in [4.69, 9.17) is 5.73 Å². The number of rotatable bonds is 9. The summed E-state index contributed by atoms with van der Waals surface area (Å²) in [5, 5.41) is 3.32. The molecule has 1 atom stereocenters. The number of carbonyl (C=O) groups excluding carboxylic acids is 1. The van der Waals surface area contributed by atoms with Gasteiger partial charge in [-0.3, -0.25) is 4.79 Å². The van der Waals surface area contributed by atoms with Crippen LogP contribution in [0.3, 0.4) is 0 Å². The van der Waals surface area contributed by atoms with Gasteiger partial charge in [0.1, 0.15) is 0 Å².